The Kier molecular flexibility index (Phi) is 3.15. The number of nitrogens with zero attached hydrogens (tertiary/aromatic N) is 2. The second-order valence-corrected chi connectivity index (χ2v) is 5.27. The smallest absolute Gasteiger partial charge is 0.205 e. The zero-order chi connectivity index (χ0) is 12.4. The number of aromatic nitrogens is 2. The first-order valence-corrected chi connectivity index (χ1v) is 7.01. The maximum atomic E-state index is 5.78. The summed E-state index contributed by atoms with van der Waals surface area (Å²) in [5.41, 5.74) is 1.06. The van der Waals surface area contributed by atoms with Crippen molar-refractivity contribution in [1.82, 2.24) is 10.2 Å². The largest absolute Gasteiger partial charge is 0.490 e. The van der Waals surface area contributed by atoms with Crippen LogP contribution in [0.3, 0.4) is 0 Å². The predicted molar refractivity (Wildman–Crippen MR) is 73.2 cm³/mol. The van der Waals surface area contributed by atoms with Crippen molar-refractivity contribution in [1.29, 1.82) is 0 Å². The highest BCUT2D eigenvalue weighted by Gasteiger charge is 2.23. The molecule has 3 rings (SSSR count). The van der Waals surface area contributed by atoms with Crippen molar-refractivity contribution in [3.8, 4) is 16.3 Å². The van der Waals surface area contributed by atoms with Gasteiger partial charge in [-0.15, -0.1) is 10.2 Å². The average molecular weight is 261 g/mol. The van der Waals surface area contributed by atoms with E-state index in [1.807, 2.05) is 31.2 Å². The number of nitrogens with one attached hydrogen (secondary N) is 1. The minimum atomic E-state index is 0.423. The first-order chi connectivity index (χ1) is 8.85. The van der Waals surface area contributed by atoms with E-state index < -0.39 is 0 Å². The van der Waals surface area contributed by atoms with Gasteiger partial charge in [-0.25, -0.2) is 0 Å². The molecule has 1 aromatic heterocycles. The molecule has 1 heterocycles. The summed E-state index contributed by atoms with van der Waals surface area (Å²) >= 11 is 1.56. The molecule has 0 aliphatic heterocycles. The lowest BCUT2D eigenvalue weighted by Crippen LogP contribution is -1.95. The van der Waals surface area contributed by atoms with Crippen LogP contribution in [0.2, 0.25) is 0 Å². The van der Waals surface area contributed by atoms with Gasteiger partial charge in [-0.2, -0.15) is 0 Å². The van der Waals surface area contributed by atoms with Crippen LogP contribution < -0.4 is 10.1 Å². The van der Waals surface area contributed by atoms with Crippen LogP contribution in [0.4, 0.5) is 5.13 Å². The number of hydrogen-bond donors (Lipinski definition) is 1. The van der Waals surface area contributed by atoms with Crippen molar-refractivity contribution < 1.29 is 4.74 Å². The topological polar surface area (TPSA) is 47.0 Å². The van der Waals surface area contributed by atoms with Crippen molar-refractivity contribution in [2.45, 2.75) is 25.9 Å². The molecule has 1 fully saturated rings. The molecule has 2 aromatic rings. The Labute approximate surface area is 110 Å². The summed E-state index contributed by atoms with van der Waals surface area (Å²) in [5, 5.41) is 13.2. The number of hydrogen-bond acceptors (Lipinski definition) is 5. The van der Waals surface area contributed by atoms with Crippen LogP contribution in [0.15, 0.2) is 24.3 Å². The highest BCUT2D eigenvalue weighted by molar-refractivity contribution is 7.18. The molecular formula is C13H15N3OS. The Morgan fingerprint density at radius 3 is 3.06 bits per heavy atom. The molecule has 0 saturated heterocycles. The van der Waals surface area contributed by atoms with Gasteiger partial charge < -0.3 is 10.1 Å². The van der Waals surface area contributed by atoms with Crippen molar-refractivity contribution >= 4 is 16.5 Å². The Bertz CT molecular complexity index is 537. The third-order valence-electron chi connectivity index (χ3n) is 2.66. The Morgan fingerprint density at radius 2 is 2.28 bits per heavy atom. The average Bonchev–Trinajstić information content (AvgIpc) is 3.06. The van der Waals surface area contributed by atoms with E-state index >= 15 is 0 Å². The fraction of sp³-hybridized carbons (Fsp3) is 0.385. The van der Waals surface area contributed by atoms with Crippen LogP contribution in [-0.4, -0.2) is 22.8 Å². The van der Waals surface area contributed by atoms with Gasteiger partial charge >= 0.3 is 0 Å². The minimum absolute atomic E-state index is 0.423. The molecule has 94 valence electrons. The van der Waals surface area contributed by atoms with Gasteiger partial charge in [-0.1, -0.05) is 23.5 Å². The molecule has 0 bridgehead atoms. The second-order valence-electron chi connectivity index (χ2n) is 4.29. The molecule has 0 atom stereocenters. The highest BCUT2D eigenvalue weighted by atomic mass is 32.1. The van der Waals surface area contributed by atoms with Gasteiger partial charge in [-0.05, 0) is 31.9 Å². The van der Waals surface area contributed by atoms with E-state index in [1.165, 1.54) is 12.8 Å². The van der Waals surface area contributed by atoms with Crippen LogP contribution in [0.25, 0.3) is 10.6 Å². The lowest BCUT2D eigenvalue weighted by atomic mass is 10.2. The van der Waals surface area contributed by atoms with Gasteiger partial charge in [-0.3, -0.25) is 0 Å². The molecule has 18 heavy (non-hydrogen) atoms. The Hall–Kier alpha value is -1.62. The lowest BCUT2D eigenvalue weighted by molar-refractivity contribution is 0.303. The van der Waals surface area contributed by atoms with E-state index in [0.717, 1.165) is 28.0 Å². The number of benzene rings is 1. The predicted octanol–water partition coefficient (Wildman–Crippen LogP) is 3.18. The van der Waals surface area contributed by atoms with Crippen molar-refractivity contribution in [3.05, 3.63) is 24.3 Å². The molecule has 0 radical (unpaired) electrons. The zero-order valence-corrected chi connectivity index (χ0v) is 11.0. The molecule has 0 spiro atoms. The van der Waals surface area contributed by atoms with Crippen LogP contribution in [-0.2, 0) is 0 Å². The molecule has 0 amide bonds. The summed E-state index contributed by atoms with van der Waals surface area (Å²) in [4.78, 5) is 0. The van der Waals surface area contributed by atoms with Gasteiger partial charge in [0.05, 0.1) is 6.10 Å². The summed E-state index contributed by atoms with van der Waals surface area (Å²) < 4.78 is 5.78. The Balaban J connectivity index is 1.80. The van der Waals surface area contributed by atoms with Gasteiger partial charge in [0.25, 0.3) is 0 Å². The third kappa shape index (κ3) is 2.61. The van der Waals surface area contributed by atoms with Crippen LogP contribution in [0.5, 0.6) is 5.75 Å². The standard InChI is InChI=1S/C13H15N3OS/c1-2-14-13-16-15-12(18-13)9-4-3-5-11(8-9)17-10-6-7-10/h3-5,8,10H,2,6-7H2,1H3,(H,14,16). The fourth-order valence-corrected chi connectivity index (χ4v) is 2.45. The molecule has 1 saturated carbocycles. The van der Waals surface area contributed by atoms with Gasteiger partial charge in [0.1, 0.15) is 10.8 Å². The molecule has 0 unspecified atom stereocenters. The van der Waals surface area contributed by atoms with E-state index in [9.17, 15) is 0 Å². The fourth-order valence-electron chi connectivity index (χ4n) is 1.64. The highest BCUT2D eigenvalue weighted by Crippen LogP contribution is 2.31. The zero-order valence-electron chi connectivity index (χ0n) is 10.2. The van der Waals surface area contributed by atoms with Gasteiger partial charge in [0.2, 0.25) is 5.13 Å². The minimum Gasteiger partial charge on any atom is -0.490 e. The number of anilines is 1. The maximum absolute atomic E-state index is 5.78. The normalized spacial score (nSPS) is 14.5. The van der Waals surface area contributed by atoms with E-state index in [-0.39, 0.29) is 0 Å². The van der Waals surface area contributed by atoms with E-state index in [1.54, 1.807) is 11.3 Å². The first-order valence-electron chi connectivity index (χ1n) is 6.19. The van der Waals surface area contributed by atoms with Gasteiger partial charge in [0, 0.05) is 12.1 Å². The first kappa shape index (κ1) is 11.5. The van der Waals surface area contributed by atoms with Crippen LogP contribution in [0.1, 0.15) is 19.8 Å². The van der Waals surface area contributed by atoms with Gasteiger partial charge in [0.15, 0.2) is 0 Å². The summed E-state index contributed by atoms with van der Waals surface area (Å²) in [6.45, 7) is 2.91. The summed E-state index contributed by atoms with van der Waals surface area (Å²) in [6.07, 6.45) is 2.77. The van der Waals surface area contributed by atoms with Crippen molar-refractivity contribution in [3.63, 3.8) is 0 Å². The molecule has 1 aromatic carbocycles. The van der Waals surface area contributed by atoms with Crippen LogP contribution in [0, 0.1) is 0 Å². The molecule has 5 heteroatoms. The Morgan fingerprint density at radius 1 is 1.39 bits per heavy atom. The molecule has 4 nitrogen and oxygen atoms in total. The molecule has 1 aliphatic carbocycles. The summed E-state index contributed by atoms with van der Waals surface area (Å²) in [5.74, 6) is 0.926. The van der Waals surface area contributed by atoms with Crippen LogP contribution >= 0.6 is 11.3 Å². The van der Waals surface area contributed by atoms with E-state index in [0.29, 0.717) is 6.10 Å². The molecular weight excluding hydrogens is 246 g/mol. The molecule has 1 N–H and O–H groups in total. The summed E-state index contributed by atoms with van der Waals surface area (Å²) in [6, 6.07) is 8.07. The molecule has 1 aliphatic rings. The quantitative estimate of drug-likeness (QED) is 0.898. The third-order valence-corrected chi connectivity index (χ3v) is 3.59. The summed E-state index contributed by atoms with van der Waals surface area (Å²) in [7, 11) is 0. The lowest BCUT2D eigenvalue weighted by Gasteiger charge is -2.04. The SMILES string of the molecule is CCNc1nnc(-c2cccc(OC3CC3)c2)s1. The van der Waals surface area contributed by atoms with Crippen molar-refractivity contribution in [2.24, 2.45) is 0 Å². The maximum Gasteiger partial charge on any atom is 0.205 e. The second kappa shape index (κ2) is 4.94. The van der Waals surface area contributed by atoms with Crippen molar-refractivity contribution in [2.75, 3.05) is 11.9 Å². The number of rotatable bonds is 5. The van der Waals surface area contributed by atoms with E-state index in [4.69, 9.17) is 4.74 Å². The van der Waals surface area contributed by atoms with E-state index in [2.05, 4.69) is 15.5 Å². The number of ether oxygens (including phenoxy) is 1. The monoisotopic (exact) mass is 261 g/mol.